The van der Waals surface area contributed by atoms with Gasteiger partial charge in [-0.2, -0.15) is 0 Å². The molecule has 0 unspecified atom stereocenters. The summed E-state index contributed by atoms with van der Waals surface area (Å²) in [4.78, 5) is 13.9. The average Bonchev–Trinajstić information content (AvgIpc) is 2.24. The molecule has 0 heterocycles. The molecule has 4 bridgehead atoms. The van der Waals surface area contributed by atoms with E-state index in [2.05, 4.69) is 0 Å². The number of amides is 1. The summed E-state index contributed by atoms with van der Waals surface area (Å²) >= 11 is 0. The summed E-state index contributed by atoms with van der Waals surface area (Å²) in [6, 6.07) is -0.357. The number of carbonyl (C=O) groups excluding carboxylic acids is 1. The van der Waals surface area contributed by atoms with Crippen molar-refractivity contribution in [1.29, 1.82) is 0 Å². The van der Waals surface area contributed by atoms with Crippen LogP contribution in [0.1, 0.15) is 45.4 Å². The van der Waals surface area contributed by atoms with Crippen LogP contribution in [0.15, 0.2) is 0 Å². The standard InChI is InChI=1S/C15H26N2O.ClH/c1-10(16)14(18)17(2)9-15-6-11-3-12(7-15)5-13(4-11)8-15;/h10-13H,3-9,16H2,1-2H3;1H/t10-,11?,12?,13?,15?;/m1./s1. The van der Waals surface area contributed by atoms with Gasteiger partial charge >= 0.3 is 0 Å². The monoisotopic (exact) mass is 286 g/mol. The Morgan fingerprint density at radius 2 is 1.63 bits per heavy atom. The maximum absolute atomic E-state index is 12.0. The molecule has 0 aromatic rings. The van der Waals surface area contributed by atoms with Crippen LogP contribution in [-0.4, -0.2) is 30.4 Å². The lowest BCUT2D eigenvalue weighted by atomic mass is 9.49. The molecule has 0 radical (unpaired) electrons. The summed E-state index contributed by atoms with van der Waals surface area (Å²) in [6.07, 6.45) is 8.46. The Labute approximate surface area is 122 Å². The van der Waals surface area contributed by atoms with Crippen molar-refractivity contribution in [3.8, 4) is 0 Å². The fourth-order valence-corrected chi connectivity index (χ4v) is 5.41. The van der Waals surface area contributed by atoms with Crippen molar-refractivity contribution in [3.05, 3.63) is 0 Å². The molecule has 0 aromatic heterocycles. The highest BCUT2D eigenvalue weighted by Gasteiger charge is 2.51. The fraction of sp³-hybridized carbons (Fsp3) is 0.933. The van der Waals surface area contributed by atoms with Crippen molar-refractivity contribution in [2.24, 2.45) is 28.9 Å². The number of halogens is 1. The lowest BCUT2D eigenvalue weighted by Crippen LogP contribution is -2.53. The second-order valence-electron chi connectivity index (χ2n) is 7.40. The molecule has 1 atom stereocenters. The van der Waals surface area contributed by atoms with E-state index in [-0.39, 0.29) is 24.4 Å². The van der Waals surface area contributed by atoms with Gasteiger partial charge in [0.25, 0.3) is 0 Å². The molecule has 4 saturated carbocycles. The summed E-state index contributed by atoms with van der Waals surface area (Å²) in [5.41, 5.74) is 6.15. The lowest BCUT2D eigenvalue weighted by Gasteiger charge is -2.57. The first-order valence-corrected chi connectivity index (χ1v) is 7.48. The predicted octanol–water partition coefficient (Wildman–Crippen LogP) is 2.43. The Morgan fingerprint density at radius 1 is 1.21 bits per heavy atom. The summed E-state index contributed by atoms with van der Waals surface area (Å²) in [5.74, 6) is 2.96. The molecule has 2 N–H and O–H groups in total. The average molecular weight is 287 g/mol. The minimum atomic E-state index is -0.357. The molecule has 4 aliphatic carbocycles. The summed E-state index contributed by atoms with van der Waals surface area (Å²) < 4.78 is 0. The summed E-state index contributed by atoms with van der Waals surface area (Å²) in [6.45, 7) is 2.73. The van der Waals surface area contributed by atoms with E-state index in [9.17, 15) is 4.79 Å². The van der Waals surface area contributed by atoms with Gasteiger partial charge in [0.1, 0.15) is 0 Å². The van der Waals surface area contributed by atoms with Crippen LogP contribution < -0.4 is 5.73 Å². The Morgan fingerprint density at radius 3 is 2.00 bits per heavy atom. The van der Waals surface area contributed by atoms with Crippen LogP contribution in [0.4, 0.5) is 0 Å². The first kappa shape index (κ1) is 15.1. The zero-order valence-corrected chi connectivity index (χ0v) is 12.9. The minimum Gasteiger partial charge on any atom is -0.344 e. The Balaban J connectivity index is 0.00000133. The van der Waals surface area contributed by atoms with Gasteiger partial charge in [-0.1, -0.05) is 0 Å². The molecule has 4 rings (SSSR count). The first-order valence-electron chi connectivity index (χ1n) is 7.48. The highest BCUT2D eigenvalue weighted by Crippen LogP contribution is 2.60. The van der Waals surface area contributed by atoms with E-state index in [0.29, 0.717) is 5.41 Å². The minimum absolute atomic E-state index is 0. The topological polar surface area (TPSA) is 46.3 Å². The van der Waals surface area contributed by atoms with Crippen LogP contribution in [0.2, 0.25) is 0 Å². The van der Waals surface area contributed by atoms with Gasteiger partial charge in [0, 0.05) is 13.6 Å². The quantitative estimate of drug-likeness (QED) is 0.866. The van der Waals surface area contributed by atoms with Crippen LogP contribution in [-0.2, 0) is 4.79 Å². The van der Waals surface area contributed by atoms with E-state index < -0.39 is 0 Å². The number of hydrogen-bond acceptors (Lipinski definition) is 2. The molecule has 0 spiro atoms. The third-order valence-corrected chi connectivity index (χ3v) is 5.50. The maximum Gasteiger partial charge on any atom is 0.238 e. The third-order valence-electron chi connectivity index (χ3n) is 5.50. The van der Waals surface area contributed by atoms with Crippen LogP contribution >= 0.6 is 12.4 Å². The molecule has 0 aliphatic heterocycles. The van der Waals surface area contributed by atoms with E-state index in [4.69, 9.17) is 5.73 Å². The fourth-order valence-electron chi connectivity index (χ4n) is 5.41. The molecule has 19 heavy (non-hydrogen) atoms. The molecule has 4 aliphatic rings. The SMILES string of the molecule is C[C@@H](N)C(=O)N(C)CC12CC3CC(CC(C3)C1)C2.Cl. The van der Waals surface area contributed by atoms with Gasteiger partial charge in [-0.15, -0.1) is 12.4 Å². The number of nitrogens with two attached hydrogens (primary N) is 1. The van der Waals surface area contributed by atoms with E-state index >= 15 is 0 Å². The second-order valence-corrected chi connectivity index (χ2v) is 7.40. The van der Waals surface area contributed by atoms with E-state index in [1.165, 1.54) is 38.5 Å². The number of nitrogens with zero attached hydrogens (tertiary/aromatic N) is 1. The third kappa shape index (κ3) is 2.78. The van der Waals surface area contributed by atoms with Gasteiger partial charge < -0.3 is 10.6 Å². The largest absolute Gasteiger partial charge is 0.344 e. The van der Waals surface area contributed by atoms with Crippen molar-refractivity contribution in [2.75, 3.05) is 13.6 Å². The predicted molar refractivity (Wildman–Crippen MR) is 79.1 cm³/mol. The van der Waals surface area contributed by atoms with Crippen molar-refractivity contribution in [2.45, 2.75) is 51.5 Å². The van der Waals surface area contributed by atoms with Crippen molar-refractivity contribution in [1.82, 2.24) is 4.90 Å². The molecule has 4 fully saturated rings. The zero-order valence-electron chi connectivity index (χ0n) is 12.1. The molecule has 1 amide bonds. The second kappa shape index (κ2) is 5.25. The van der Waals surface area contributed by atoms with Gasteiger partial charge in [0.2, 0.25) is 5.91 Å². The van der Waals surface area contributed by atoms with Crippen molar-refractivity contribution in [3.63, 3.8) is 0 Å². The number of carbonyl (C=O) groups is 1. The molecule has 110 valence electrons. The molecular weight excluding hydrogens is 260 g/mol. The van der Waals surface area contributed by atoms with E-state index in [1.807, 2.05) is 11.9 Å². The lowest BCUT2D eigenvalue weighted by molar-refractivity contribution is -0.136. The Bertz CT molecular complexity index is 321. The van der Waals surface area contributed by atoms with Gasteiger partial charge in [0.15, 0.2) is 0 Å². The number of rotatable bonds is 3. The molecule has 3 nitrogen and oxygen atoms in total. The van der Waals surface area contributed by atoms with Gasteiger partial charge in [-0.05, 0) is 68.6 Å². The van der Waals surface area contributed by atoms with Crippen LogP contribution in [0, 0.1) is 23.2 Å². The smallest absolute Gasteiger partial charge is 0.238 e. The van der Waals surface area contributed by atoms with E-state index in [0.717, 1.165) is 24.3 Å². The van der Waals surface area contributed by atoms with Crippen LogP contribution in [0.5, 0.6) is 0 Å². The summed E-state index contributed by atoms with van der Waals surface area (Å²) in [7, 11) is 1.93. The first-order chi connectivity index (χ1) is 8.47. The Kier molecular flexibility index (Phi) is 4.18. The molecule has 0 aromatic carbocycles. The van der Waals surface area contributed by atoms with E-state index in [1.54, 1.807) is 6.92 Å². The molecular formula is C15H27ClN2O. The Hall–Kier alpha value is -0.280. The normalized spacial score (nSPS) is 40.7. The molecule has 0 saturated heterocycles. The van der Waals surface area contributed by atoms with Gasteiger partial charge in [0.05, 0.1) is 6.04 Å². The number of likely N-dealkylation sites (N-methyl/N-ethyl adjacent to an activating group) is 1. The van der Waals surface area contributed by atoms with Gasteiger partial charge in [-0.3, -0.25) is 4.79 Å². The van der Waals surface area contributed by atoms with Crippen molar-refractivity contribution >= 4 is 18.3 Å². The maximum atomic E-state index is 12.0. The highest BCUT2D eigenvalue weighted by molar-refractivity contribution is 5.85. The summed E-state index contributed by atoms with van der Waals surface area (Å²) in [5, 5.41) is 0. The van der Waals surface area contributed by atoms with Crippen LogP contribution in [0.25, 0.3) is 0 Å². The van der Waals surface area contributed by atoms with Crippen LogP contribution in [0.3, 0.4) is 0 Å². The molecule has 4 heteroatoms. The van der Waals surface area contributed by atoms with Gasteiger partial charge in [-0.25, -0.2) is 0 Å². The zero-order chi connectivity index (χ0) is 12.9. The van der Waals surface area contributed by atoms with Crippen molar-refractivity contribution < 1.29 is 4.79 Å². The number of hydrogen-bond donors (Lipinski definition) is 1. The highest BCUT2D eigenvalue weighted by atomic mass is 35.5.